The van der Waals surface area contributed by atoms with Gasteiger partial charge in [-0.05, 0) is 23.5 Å². The maximum Gasteiger partial charge on any atom is 0.0491 e. The number of rotatable bonds is 4. The fraction of sp³-hybridized carbons (Fsp3) is 0.385. The number of aliphatic hydroxyl groups is 1. The Hall–Kier alpha value is -1.08. The smallest absolute Gasteiger partial charge is 0.0491 e. The first kappa shape index (κ1) is 11.0. The van der Waals surface area contributed by atoms with E-state index in [0.717, 1.165) is 6.42 Å². The lowest BCUT2D eigenvalue weighted by Gasteiger charge is -2.01. The minimum absolute atomic E-state index is 0.212. The molecule has 1 unspecified atom stereocenters. The van der Waals surface area contributed by atoms with Gasteiger partial charge in [-0.15, -0.1) is 0 Å². The van der Waals surface area contributed by atoms with E-state index in [1.807, 2.05) is 13.0 Å². The molecule has 76 valence electrons. The molecule has 0 radical (unpaired) electrons. The maximum absolute atomic E-state index is 8.86. The molecule has 0 aliphatic heterocycles. The second-order valence-corrected chi connectivity index (χ2v) is 3.62. The third-order valence-corrected chi connectivity index (χ3v) is 2.26. The molecule has 0 bridgehead atoms. The van der Waals surface area contributed by atoms with E-state index in [4.69, 9.17) is 5.11 Å². The fourth-order valence-corrected chi connectivity index (χ4v) is 1.25. The predicted molar refractivity (Wildman–Crippen MR) is 61.1 cm³/mol. The summed E-state index contributed by atoms with van der Waals surface area (Å²) in [5, 5.41) is 8.86. The van der Waals surface area contributed by atoms with E-state index in [0.29, 0.717) is 0 Å². The van der Waals surface area contributed by atoms with Crippen LogP contribution in [0.2, 0.25) is 0 Å². The molecule has 1 nitrogen and oxygen atoms in total. The first-order chi connectivity index (χ1) is 6.76. The Kier molecular flexibility index (Phi) is 4.41. The molecule has 0 saturated heterocycles. The van der Waals surface area contributed by atoms with Crippen LogP contribution < -0.4 is 0 Å². The molecule has 1 heteroatoms. The molecule has 0 heterocycles. The minimum Gasteiger partial charge on any atom is -0.396 e. The summed E-state index contributed by atoms with van der Waals surface area (Å²) in [5.41, 5.74) is 2.56. The van der Waals surface area contributed by atoms with E-state index in [1.54, 1.807) is 0 Å². The first-order valence-corrected chi connectivity index (χ1v) is 5.14. The van der Waals surface area contributed by atoms with Crippen LogP contribution in [0.1, 0.15) is 25.0 Å². The fourth-order valence-electron chi connectivity index (χ4n) is 1.25. The minimum atomic E-state index is 0.212. The number of hydrogen-bond acceptors (Lipinski definition) is 1. The Morgan fingerprint density at radius 1 is 1.43 bits per heavy atom. The zero-order valence-corrected chi connectivity index (χ0v) is 8.90. The summed E-state index contributed by atoms with van der Waals surface area (Å²) < 4.78 is 0. The standard InChI is InChI=1S/C13H18O/c1-3-12-5-4-6-13(9-12)8-7-11(2)10-14/h4-9,11,14H,3,10H2,1-2H3/b8-7+. The van der Waals surface area contributed by atoms with Gasteiger partial charge in [0.05, 0.1) is 0 Å². The summed E-state index contributed by atoms with van der Waals surface area (Å²) in [5.74, 6) is 0.236. The van der Waals surface area contributed by atoms with Crippen molar-refractivity contribution in [1.29, 1.82) is 0 Å². The summed E-state index contributed by atoms with van der Waals surface area (Å²) in [6.07, 6.45) is 5.17. The zero-order valence-electron chi connectivity index (χ0n) is 8.90. The van der Waals surface area contributed by atoms with Crippen molar-refractivity contribution in [2.45, 2.75) is 20.3 Å². The number of aryl methyl sites for hydroxylation is 1. The third kappa shape index (κ3) is 3.35. The van der Waals surface area contributed by atoms with Crippen LogP contribution in [0.15, 0.2) is 30.3 Å². The van der Waals surface area contributed by atoms with E-state index in [-0.39, 0.29) is 12.5 Å². The van der Waals surface area contributed by atoms with Gasteiger partial charge in [0.15, 0.2) is 0 Å². The van der Waals surface area contributed by atoms with Gasteiger partial charge in [-0.3, -0.25) is 0 Å². The highest BCUT2D eigenvalue weighted by Gasteiger charge is 1.93. The molecule has 1 rings (SSSR count). The molecule has 14 heavy (non-hydrogen) atoms. The molecule has 1 atom stereocenters. The number of benzene rings is 1. The summed E-state index contributed by atoms with van der Waals surface area (Å²) in [6, 6.07) is 8.47. The molecule has 0 saturated carbocycles. The van der Waals surface area contributed by atoms with Crippen molar-refractivity contribution in [3.63, 3.8) is 0 Å². The van der Waals surface area contributed by atoms with Crippen molar-refractivity contribution in [3.05, 3.63) is 41.5 Å². The van der Waals surface area contributed by atoms with Crippen LogP contribution in [0.5, 0.6) is 0 Å². The van der Waals surface area contributed by atoms with Crippen molar-refractivity contribution in [2.24, 2.45) is 5.92 Å². The van der Waals surface area contributed by atoms with Gasteiger partial charge in [-0.25, -0.2) is 0 Å². The largest absolute Gasteiger partial charge is 0.396 e. The highest BCUT2D eigenvalue weighted by atomic mass is 16.3. The molecule has 0 aliphatic carbocycles. The van der Waals surface area contributed by atoms with Crippen LogP contribution in [0, 0.1) is 5.92 Å². The lowest BCUT2D eigenvalue weighted by atomic mass is 10.1. The Morgan fingerprint density at radius 2 is 2.21 bits per heavy atom. The van der Waals surface area contributed by atoms with Gasteiger partial charge in [0, 0.05) is 6.61 Å². The molecule has 0 fully saturated rings. The highest BCUT2D eigenvalue weighted by molar-refractivity contribution is 5.50. The summed E-state index contributed by atoms with van der Waals surface area (Å²) in [6.45, 7) is 4.36. The highest BCUT2D eigenvalue weighted by Crippen LogP contribution is 2.09. The van der Waals surface area contributed by atoms with E-state index in [9.17, 15) is 0 Å². The third-order valence-electron chi connectivity index (χ3n) is 2.26. The second kappa shape index (κ2) is 5.61. The average Bonchev–Trinajstić information content (AvgIpc) is 2.26. The Bertz CT molecular complexity index is 302. The molecule has 1 aromatic carbocycles. The molecule has 1 aromatic rings. The zero-order chi connectivity index (χ0) is 10.4. The number of aliphatic hydroxyl groups excluding tert-OH is 1. The molecule has 0 aliphatic rings. The van der Waals surface area contributed by atoms with E-state index < -0.39 is 0 Å². The monoisotopic (exact) mass is 190 g/mol. The van der Waals surface area contributed by atoms with Crippen LogP contribution in [0.4, 0.5) is 0 Å². The SMILES string of the molecule is CCc1cccc(/C=C/C(C)CO)c1. The normalized spacial score (nSPS) is 13.4. The van der Waals surface area contributed by atoms with Crippen LogP contribution in [0.25, 0.3) is 6.08 Å². The van der Waals surface area contributed by atoms with Crippen molar-refractivity contribution in [2.75, 3.05) is 6.61 Å². The molecule has 0 spiro atoms. The summed E-state index contributed by atoms with van der Waals surface area (Å²) in [7, 11) is 0. The van der Waals surface area contributed by atoms with Crippen LogP contribution >= 0.6 is 0 Å². The van der Waals surface area contributed by atoms with E-state index in [2.05, 4.69) is 37.3 Å². The van der Waals surface area contributed by atoms with Gasteiger partial charge in [0.2, 0.25) is 0 Å². The van der Waals surface area contributed by atoms with Gasteiger partial charge >= 0.3 is 0 Å². The van der Waals surface area contributed by atoms with Crippen LogP contribution in [0.3, 0.4) is 0 Å². The number of hydrogen-bond donors (Lipinski definition) is 1. The van der Waals surface area contributed by atoms with Crippen molar-refractivity contribution in [1.82, 2.24) is 0 Å². The average molecular weight is 190 g/mol. The molecular weight excluding hydrogens is 172 g/mol. The lowest BCUT2D eigenvalue weighted by molar-refractivity contribution is 0.262. The quantitative estimate of drug-likeness (QED) is 0.774. The second-order valence-electron chi connectivity index (χ2n) is 3.62. The van der Waals surface area contributed by atoms with Gasteiger partial charge < -0.3 is 5.11 Å². The maximum atomic E-state index is 8.86. The van der Waals surface area contributed by atoms with Crippen LogP contribution in [-0.2, 0) is 6.42 Å². The molecular formula is C13H18O. The van der Waals surface area contributed by atoms with Crippen molar-refractivity contribution >= 4 is 6.08 Å². The Balaban J connectivity index is 2.71. The first-order valence-electron chi connectivity index (χ1n) is 5.14. The van der Waals surface area contributed by atoms with Crippen LogP contribution in [-0.4, -0.2) is 11.7 Å². The molecule has 1 N–H and O–H groups in total. The lowest BCUT2D eigenvalue weighted by Crippen LogP contribution is -1.94. The topological polar surface area (TPSA) is 20.2 Å². The predicted octanol–water partition coefficient (Wildman–Crippen LogP) is 2.89. The summed E-state index contributed by atoms with van der Waals surface area (Å²) in [4.78, 5) is 0. The van der Waals surface area contributed by atoms with E-state index >= 15 is 0 Å². The van der Waals surface area contributed by atoms with Gasteiger partial charge in [-0.1, -0.05) is 50.3 Å². The van der Waals surface area contributed by atoms with Gasteiger partial charge in [-0.2, -0.15) is 0 Å². The molecule has 0 amide bonds. The van der Waals surface area contributed by atoms with Crippen molar-refractivity contribution in [3.8, 4) is 0 Å². The van der Waals surface area contributed by atoms with E-state index in [1.165, 1.54) is 11.1 Å². The molecule has 0 aromatic heterocycles. The van der Waals surface area contributed by atoms with Gasteiger partial charge in [0.25, 0.3) is 0 Å². The van der Waals surface area contributed by atoms with Gasteiger partial charge in [0.1, 0.15) is 0 Å². The Labute approximate surface area is 86.1 Å². The Morgan fingerprint density at radius 3 is 2.86 bits per heavy atom. The summed E-state index contributed by atoms with van der Waals surface area (Å²) >= 11 is 0. The van der Waals surface area contributed by atoms with Crippen molar-refractivity contribution < 1.29 is 5.11 Å².